The van der Waals surface area contributed by atoms with E-state index in [1.807, 2.05) is 6.08 Å². The van der Waals surface area contributed by atoms with E-state index >= 15 is 0 Å². The fourth-order valence-corrected chi connectivity index (χ4v) is 9.39. The summed E-state index contributed by atoms with van der Waals surface area (Å²) in [6.45, 7) is 4.88. The van der Waals surface area contributed by atoms with Crippen molar-refractivity contribution in [1.82, 2.24) is 5.32 Å². The van der Waals surface area contributed by atoms with Crippen LogP contribution in [0.4, 0.5) is 0 Å². The summed E-state index contributed by atoms with van der Waals surface area (Å²) in [5, 5.41) is 23.2. The van der Waals surface area contributed by atoms with Crippen LogP contribution in [0.25, 0.3) is 0 Å². The summed E-state index contributed by atoms with van der Waals surface area (Å²) in [6, 6.07) is -0.641. The van der Waals surface area contributed by atoms with E-state index in [-0.39, 0.29) is 18.5 Å². The molecule has 0 aromatic heterocycles. The van der Waals surface area contributed by atoms with Crippen LogP contribution >= 0.6 is 0 Å². The lowest BCUT2D eigenvalue weighted by Crippen LogP contribution is -2.45. The van der Waals surface area contributed by atoms with Gasteiger partial charge in [0.15, 0.2) is 0 Å². The zero-order valence-corrected chi connectivity index (χ0v) is 46.3. The van der Waals surface area contributed by atoms with Crippen LogP contribution in [0.3, 0.4) is 0 Å². The van der Waals surface area contributed by atoms with E-state index in [1.165, 1.54) is 231 Å². The van der Waals surface area contributed by atoms with Gasteiger partial charge in [-0.2, -0.15) is 0 Å². The third-order valence-corrected chi connectivity index (χ3v) is 14.1. The molecule has 0 heterocycles. The van der Waals surface area contributed by atoms with Gasteiger partial charge in [-0.15, -0.1) is 0 Å². The van der Waals surface area contributed by atoms with E-state index in [1.54, 1.807) is 6.08 Å². The Morgan fingerprint density at radius 3 is 1.03 bits per heavy atom. The standard InChI is InChI=1S/C63H119NO5/c1-3-5-7-9-11-13-15-17-19-20-21-22-23-24-25-28-31-35-39-43-47-51-55-61(66)60(59-65)64-62(67)56-52-48-44-40-36-32-29-26-30-34-38-42-46-50-54-58-69-63(68)57-53-49-45-41-37-33-27-18-16-14-12-10-8-6-4-2/h18,27,30,34,51,55,60-61,65-66H,3-17,19-26,28-29,31-33,35-50,52-54,56-59H2,1-2H3,(H,64,67)/b27-18-,34-30-,55-51+. The molecule has 0 aliphatic rings. The number of rotatable bonds is 57. The largest absolute Gasteiger partial charge is 0.466 e. The van der Waals surface area contributed by atoms with Crippen molar-refractivity contribution in [3.05, 3.63) is 36.5 Å². The molecule has 0 aliphatic heterocycles. The molecule has 0 rings (SSSR count). The van der Waals surface area contributed by atoms with Crippen LogP contribution in [0.1, 0.15) is 328 Å². The van der Waals surface area contributed by atoms with Crippen LogP contribution in [0.2, 0.25) is 0 Å². The Balaban J connectivity index is 3.51. The maximum absolute atomic E-state index is 12.5. The highest BCUT2D eigenvalue weighted by molar-refractivity contribution is 5.76. The summed E-state index contributed by atoms with van der Waals surface area (Å²) in [6.07, 6.45) is 73.2. The number of esters is 1. The fourth-order valence-electron chi connectivity index (χ4n) is 9.39. The van der Waals surface area contributed by atoms with Crippen molar-refractivity contribution in [3.63, 3.8) is 0 Å². The van der Waals surface area contributed by atoms with E-state index in [2.05, 4.69) is 43.5 Å². The Labute approximate surface area is 430 Å². The highest BCUT2D eigenvalue weighted by Crippen LogP contribution is 2.17. The van der Waals surface area contributed by atoms with Crippen molar-refractivity contribution in [1.29, 1.82) is 0 Å². The van der Waals surface area contributed by atoms with Crippen LogP contribution in [0, 0.1) is 0 Å². The second-order valence-corrected chi connectivity index (χ2v) is 21.0. The third kappa shape index (κ3) is 55.2. The van der Waals surface area contributed by atoms with Gasteiger partial charge in [-0.3, -0.25) is 9.59 Å². The van der Waals surface area contributed by atoms with Crippen LogP contribution < -0.4 is 5.32 Å². The predicted octanol–water partition coefficient (Wildman–Crippen LogP) is 19.2. The second-order valence-electron chi connectivity index (χ2n) is 21.0. The Morgan fingerprint density at radius 2 is 0.681 bits per heavy atom. The Hall–Kier alpha value is -1.92. The fraction of sp³-hybridized carbons (Fsp3) is 0.873. The van der Waals surface area contributed by atoms with Crippen LogP contribution in [0.5, 0.6) is 0 Å². The van der Waals surface area contributed by atoms with Gasteiger partial charge in [-0.25, -0.2) is 0 Å². The maximum atomic E-state index is 12.5. The van der Waals surface area contributed by atoms with E-state index < -0.39 is 12.1 Å². The normalized spacial score (nSPS) is 12.8. The first-order valence-electron chi connectivity index (χ1n) is 30.8. The number of ether oxygens (including phenoxy) is 1. The van der Waals surface area contributed by atoms with Gasteiger partial charge in [0.05, 0.1) is 25.4 Å². The van der Waals surface area contributed by atoms with E-state index in [9.17, 15) is 19.8 Å². The van der Waals surface area contributed by atoms with Gasteiger partial charge in [0.1, 0.15) is 0 Å². The van der Waals surface area contributed by atoms with Crippen LogP contribution in [-0.4, -0.2) is 47.4 Å². The van der Waals surface area contributed by atoms with Crippen molar-refractivity contribution in [2.24, 2.45) is 0 Å². The van der Waals surface area contributed by atoms with Gasteiger partial charge in [0, 0.05) is 12.8 Å². The summed E-state index contributed by atoms with van der Waals surface area (Å²) in [5.41, 5.74) is 0. The molecule has 6 heteroatoms. The zero-order valence-electron chi connectivity index (χ0n) is 46.3. The molecule has 6 nitrogen and oxygen atoms in total. The predicted molar refractivity (Wildman–Crippen MR) is 301 cm³/mol. The van der Waals surface area contributed by atoms with Crippen molar-refractivity contribution in [2.45, 2.75) is 341 Å². The van der Waals surface area contributed by atoms with Crippen molar-refractivity contribution in [2.75, 3.05) is 13.2 Å². The lowest BCUT2D eigenvalue weighted by Gasteiger charge is -2.20. The number of unbranched alkanes of at least 4 members (excludes halogenated alkanes) is 42. The topological polar surface area (TPSA) is 95.9 Å². The number of carbonyl (C=O) groups excluding carboxylic acids is 2. The number of nitrogens with one attached hydrogen (secondary N) is 1. The van der Waals surface area contributed by atoms with E-state index in [0.29, 0.717) is 19.4 Å². The molecule has 406 valence electrons. The van der Waals surface area contributed by atoms with Crippen molar-refractivity contribution in [3.8, 4) is 0 Å². The summed E-state index contributed by atoms with van der Waals surface area (Å²) in [4.78, 5) is 24.5. The van der Waals surface area contributed by atoms with Crippen LogP contribution in [-0.2, 0) is 14.3 Å². The number of allylic oxidation sites excluding steroid dienone is 5. The number of carbonyl (C=O) groups is 2. The molecule has 0 spiro atoms. The summed E-state index contributed by atoms with van der Waals surface area (Å²) in [7, 11) is 0. The number of hydrogen-bond donors (Lipinski definition) is 3. The molecule has 0 saturated carbocycles. The SMILES string of the molecule is CCCCCCCC/C=C\CCCCCCCC(=O)OCCCCCC/C=C\CCCCCCCCCC(=O)NC(CO)C(O)/C=C/CCCCCCCCCCCCCCCCCCCCCC. The zero-order chi connectivity index (χ0) is 50.0. The van der Waals surface area contributed by atoms with Gasteiger partial charge in [-0.05, 0) is 83.5 Å². The first-order chi connectivity index (χ1) is 34.0. The minimum atomic E-state index is -0.856. The molecule has 0 aliphatic carbocycles. The minimum Gasteiger partial charge on any atom is -0.466 e. The van der Waals surface area contributed by atoms with Crippen molar-refractivity contribution >= 4 is 11.9 Å². The van der Waals surface area contributed by atoms with Crippen molar-refractivity contribution < 1.29 is 24.5 Å². The maximum Gasteiger partial charge on any atom is 0.305 e. The monoisotopic (exact) mass is 970 g/mol. The summed E-state index contributed by atoms with van der Waals surface area (Å²) in [5.74, 6) is -0.0999. The molecule has 0 aromatic carbocycles. The quantitative estimate of drug-likeness (QED) is 0.0321. The van der Waals surface area contributed by atoms with Gasteiger partial charge in [0.25, 0.3) is 0 Å². The summed E-state index contributed by atoms with van der Waals surface area (Å²) >= 11 is 0. The molecule has 2 unspecified atom stereocenters. The Kier molecular flexibility index (Phi) is 57.0. The van der Waals surface area contributed by atoms with Crippen LogP contribution in [0.15, 0.2) is 36.5 Å². The number of hydrogen-bond acceptors (Lipinski definition) is 5. The molecule has 2 atom stereocenters. The molecule has 0 fully saturated rings. The molecule has 0 bridgehead atoms. The molecule has 0 radical (unpaired) electrons. The average molecular weight is 971 g/mol. The Bertz CT molecular complexity index is 1120. The average Bonchev–Trinajstić information content (AvgIpc) is 3.35. The molecule has 1 amide bonds. The molecular formula is C63H119NO5. The highest BCUT2D eigenvalue weighted by atomic mass is 16.5. The van der Waals surface area contributed by atoms with Gasteiger partial charge >= 0.3 is 5.97 Å². The number of aliphatic hydroxyl groups excluding tert-OH is 2. The summed E-state index contributed by atoms with van der Waals surface area (Å²) < 4.78 is 5.46. The smallest absolute Gasteiger partial charge is 0.305 e. The van der Waals surface area contributed by atoms with E-state index in [4.69, 9.17) is 4.74 Å². The highest BCUT2D eigenvalue weighted by Gasteiger charge is 2.18. The third-order valence-electron chi connectivity index (χ3n) is 14.1. The van der Waals surface area contributed by atoms with Gasteiger partial charge < -0.3 is 20.3 Å². The lowest BCUT2D eigenvalue weighted by molar-refractivity contribution is -0.143. The molecule has 69 heavy (non-hydrogen) atoms. The number of aliphatic hydroxyl groups is 2. The molecular weight excluding hydrogens is 851 g/mol. The van der Waals surface area contributed by atoms with E-state index in [0.717, 1.165) is 70.6 Å². The lowest BCUT2D eigenvalue weighted by atomic mass is 10.0. The van der Waals surface area contributed by atoms with Gasteiger partial charge in [0.2, 0.25) is 5.91 Å². The molecule has 0 aromatic rings. The first-order valence-corrected chi connectivity index (χ1v) is 30.8. The second kappa shape index (κ2) is 58.6. The minimum absolute atomic E-state index is 0.0188. The first kappa shape index (κ1) is 67.1. The number of amides is 1. The van der Waals surface area contributed by atoms with Gasteiger partial charge in [-0.1, -0.05) is 269 Å². The molecule has 3 N–H and O–H groups in total. The molecule has 0 saturated heterocycles. The Morgan fingerprint density at radius 1 is 0.391 bits per heavy atom.